The Morgan fingerprint density at radius 1 is 0.864 bits per heavy atom. The van der Waals surface area contributed by atoms with Gasteiger partial charge in [0.1, 0.15) is 5.75 Å². The standard InChI is InChI=1S/C18H19NO3/c20-14-7-5-12(6-8-14)9-17(21)18(22)10-13-11-19-16-4-2-1-3-15(13)16/h1-8,11,17-22H,9-10H2/t17-,18+/m0/s1. The Hall–Kier alpha value is -2.30. The van der Waals surface area contributed by atoms with Crippen LogP contribution >= 0.6 is 0 Å². The van der Waals surface area contributed by atoms with Gasteiger partial charge >= 0.3 is 0 Å². The van der Waals surface area contributed by atoms with E-state index in [9.17, 15) is 15.3 Å². The van der Waals surface area contributed by atoms with Crippen LogP contribution in [0.15, 0.2) is 54.7 Å². The molecule has 3 rings (SSSR count). The van der Waals surface area contributed by atoms with Crippen LogP contribution in [-0.4, -0.2) is 32.5 Å². The SMILES string of the molecule is Oc1ccc(C[C@H](O)[C@H](O)Cc2c[nH]c3ccccc23)cc1. The zero-order chi connectivity index (χ0) is 15.5. The van der Waals surface area contributed by atoms with Crippen LogP contribution in [0.1, 0.15) is 11.1 Å². The van der Waals surface area contributed by atoms with E-state index in [0.29, 0.717) is 12.8 Å². The van der Waals surface area contributed by atoms with Gasteiger partial charge < -0.3 is 20.3 Å². The number of fused-ring (bicyclic) bond motifs is 1. The third-order valence-electron chi connectivity index (χ3n) is 3.93. The van der Waals surface area contributed by atoms with Gasteiger partial charge in [0.2, 0.25) is 0 Å². The molecule has 0 unspecified atom stereocenters. The fraction of sp³-hybridized carbons (Fsp3) is 0.222. The fourth-order valence-electron chi connectivity index (χ4n) is 2.67. The van der Waals surface area contributed by atoms with E-state index in [1.54, 1.807) is 24.3 Å². The Kier molecular flexibility index (Phi) is 4.13. The molecule has 2 aromatic carbocycles. The first-order valence-electron chi connectivity index (χ1n) is 7.32. The molecule has 0 aliphatic rings. The Bertz CT molecular complexity index is 748. The molecule has 4 heteroatoms. The average Bonchev–Trinajstić information content (AvgIpc) is 2.93. The normalized spacial score (nSPS) is 14.1. The summed E-state index contributed by atoms with van der Waals surface area (Å²) in [6.07, 6.45) is 0.931. The number of rotatable bonds is 5. The fourth-order valence-corrected chi connectivity index (χ4v) is 2.67. The molecule has 0 saturated heterocycles. The summed E-state index contributed by atoms with van der Waals surface area (Å²) in [6, 6.07) is 14.5. The summed E-state index contributed by atoms with van der Waals surface area (Å²) in [5.74, 6) is 0.192. The van der Waals surface area contributed by atoms with E-state index in [-0.39, 0.29) is 5.75 Å². The van der Waals surface area contributed by atoms with Crippen molar-refractivity contribution in [1.82, 2.24) is 4.98 Å². The summed E-state index contributed by atoms with van der Waals surface area (Å²) in [6.45, 7) is 0. The molecular formula is C18H19NO3. The van der Waals surface area contributed by atoms with Crippen molar-refractivity contribution in [3.05, 3.63) is 65.9 Å². The molecule has 1 aromatic heterocycles. The van der Waals surface area contributed by atoms with Gasteiger partial charge in [0.15, 0.2) is 0 Å². The van der Waals surface area contributed by atoms with E-state index in [0.717, 1.165) is 22.0 Å². The third-order valence-corrected chi connectivity index (χ3v) is 3.93. The number of nitrogens with one attached hydrogen (secondary N) is 1. The van der Waals surface area contributed by atoms with Crippen molar-refractivity contribution < 1.29 is 15.3 Å². The second-order valence-electron chi connectivity index (χ2n) is 5.57. The molecule has 2 atom stereocenters. The second-order valence-corrected chi connectivity index (χ2v) is 5.57. The third kappa shape index (κ3) is 3.13. The predicted octanol–water partition coefficient (Wildman–Crippen LogP) is 2.38. The molecule has 0 aliphatic heterocycles. The molecule has 3 aromatic rings. The minimum absolute atomic E-state index is 0.192. The first kappa shape index (κ1) is 14.6. The molecule has 0 spiro atoms. The van der Waals surface area contributed by atoms with Crippen molar-refractivity contribution in [2.45, 2.75) is 25.0 Å². The van der Waals surface area contributed by atoms with E-state index in [1.165, 1.54) is 0 Å². The van der Waals surface area contributed by atoms with Crippen molar-refractivity contribution in [3.8, 4) is 5.75 Å². The van der Waals surface area contributed by atoms with Crippen molar-refractivity contribution in [1.29, 1.82) is 0 Å². The Morgan fingerprint density at radius 2 is 1.55 bits per heavy atom. The summed E-state index contributed by atoms with van der Waals surface area (Å²) in [4.78, 5) is 3.17. The molecule has 0 amide bonds. The van der Waals surface area contributed by atoms with E-state index in [1.807, 2.05) is 30.5 Å². The highest BCUT2D eigenvalue weighted by Gasteiger charge is 2.18. The molecule has 4 N–H and O–H groups in total. The van der Waals surface area contributed by atoms with E-state index in [2.05, 4.69) is 4.98 Å². The lowest BCUT2D eigenvalue weighted by molar-refractivity contribution is 0.0208. The molecule has 0 radical (unpaired) electrons. The molecule has 0 saturated carbocycles. The highest BCUT2D eigenvalue weighted by atomic mass is 16.3. The van der Waals surface area contributed by atoms with Crippen LogP contribution in [0.4, 0.5) is 0 Å². The van der Waals surface area contributed by atoms with E-state index in [4.69, 9.17) is 0 Å². The van der Waals surface area contributed by atoms with Gasteiger partial charge in [-0.15, -0.1) is 0 Å². The summed E-state index contributed by atoms with van der Waals surface area (Å²) in [5, 5.41) is 30.8. The van der Waals surface area contributed by atoms with Gasteiger partial charge in [0.25, 0.3) is 0 Å². The molecule has 0 aliphatic carbocycles. The van der Waals surface area contributed by atoms with Crippen LogP contribution in [0.2, 0.25) is 0 Å². The van der Waals surface area contributed by atoms with Crippen LogP contribution < -0.4 is 0 Å². The highest BCUT2D eigenvalue weighted by Crippen LogP contribution is 2.20. The lowest BCUT2D eigenvalue weighted by Crippen LogP contribution is -2.29. The largest absolute Gasteiger partial charge is 0.508 e. The molecule has 114 valence electrons. The van der Waals surface area contributed by atoms with Gasteiger partial charge in [-0.3, -0.25) is 0 Å². The summed E-state index contributed by atoms with van der Waals surface area (Å²) < 4.78 is 0. The van der Waals surface area contributed by atoms with Crippen molar-refractivity contribution >= 4 is 10.9 Å². The van der Waals surface area contributed by atoms with Gasteiger partial charge in [-0.2, -0.15) is 0 Å². The van der Waals surface area contributed by atoms with Crippen molar-refractivity contribution in [3.63, 3.8) is 0 Å². The number of hydrogen-bond acceptors (Lipinski definition) is 3. The van der Waals surface area contributed by atoms with Crippen LogP contribution in [0.25, 0.3) is 10.9 Å². The average molecular weight is 297 g/mol. The molecule has 1 heterocycles. The van der Waals surface area contributed by atoms with E-state index >= 15 is 0 Å². The lowest BCUT2D eigenvalue weighted by Gasteiger charge is -2.17. The van der Waals surface area contributed by atoms with Gasteiger partial charge in [-0.1, -0.05) is 30.3 Å². The highest BCUT2D eigenvalue weighted by molar-refractivity contribution is 5.83. The number of benzene rings is 2. The summed E-state index contributed by atoms with van der Waals surface area (Å²) in [5.41, 5.74) is 2.90. The smallest absolute Gasteiger partial charge is 0.115 e. The Labute approximate surface area is 128 Å². The quantitative estimate of drug-likeness (QED) is 0.584. The second kappa shape index (κ2) is 6.22. The number of hydrogen-bond donors (Lipinski definition) is 4. The number of phenols is 1. The topological polar surface area (TPSA) is 76.5 Å². The van der Waals surface area contributed by atoms with Crippen molar-refractivity contribution in [2.24, 2.45) is 0 Å². The zero-order valence-corrected chi connectivity index (χ0v) is 12.1. The minimum atomic E-state index is -0.849. The zero-order valence-electron chi connectivity index (χ0n) is 12.1. The number of para-hydroxylation sites is 1. The number of aliphatic hydroxyl groups is 2. The Balaban J connectivity index is 1.68. The van der Waals surface area contributed by atoms with E-state index < -0.39 is 12.2 Å². The maximum Gasteiger partial charge on any atom is 0.115 e. The number of aliphatic hydroxyl groups excluding tert-OH is 2. The predicted molar refractivity (Wildman–Crippen MR) is 85.8 cm³/mol. The number of aromatic nitrogens is 1. The number of aromatic amines is 1. The molecule has 0 fully saturated rings. The van der Waals surface area contributed by atoms with Gasteiger partial charge in [0, 0.05) is 29.9 Å². The van der Waals surface area contributed by atoms with Crippen molar-refractivity contribution in [2.75, 3.05) is 0 Å². The van der Waals surface area contributed by atoms with Gasteiger partial charge in [-0.05, 0) is 29.3 Å². The number of phenolic OH excluding ortho intramolecular Hbond substituents is 1. The lowest BCUT2D eigenvalue weighted by atomic mass is 9.98. The first-order valence-corrected chi connectivity index (χ1v) is 7.32. The first-order chi connectivity index (χ1) is 10.6. The minimum Gasteiger partial charge on any atom is -0.508 e. The van der Waals surface area contributed by atoms with Crippen LogP contribution in [0.3, 0.4) is 0 Å². The number of aromatic hydroxyl groups is 1. The number of H-pyrrole nitrogens is 1. The molecule has 0 bridgehead atoms. The maximum atomic E-state index is 10.3. The molecular weight excluding hydrogens is 278 g/mol. The monoisotopic (exact) mass is 297 g/mol. The maximum absolute atomic E-state index is 10.3. The summed E-state index contributed by atoms with van der Waals surface area (Å²) >= 11 is 0. The van der Waals surface area contributed by atoms with Gasteiger partial charge in [0.05, 0.1) is 12.2 Å². The van der Waals surface area contributed by atoms with Crippen LogP contribution in [0.5, 0.6) is 5.75 Å². The van der Waals surface area contributed by atoms with Crippen LogP contribution in [-0.2, 0) is 12.8 Å². The molecule has 4 nitrogen and oxygen atoms in total. The van der Waals surface area contributed by atoms with Crippen LogP contribution in [0, 0.1) is 0 Å². The summed E-state index contributed by atoms with van der Waals surface area (Å²) in [7, 11) is 0. The van der Waals surface area contributed by atoms with Gasteiger partial charge in [-0.25, -0.2) is 0 Å². The Morgan fingerprint density at radius 3 is 2.32 bits per heavy atom. The molecule has 22 heavy (non-hydrogen) atoms.